The van der Waals surface area contributed by atoms with E-state index in [0.29, 0.717) is 16.8 Å². The predicted molar refractivity (Wildman–Crippen MR) is 94.6 cm³/mol. The first kappa shape index (κ1) is 17.6. The molecule has 0 aliphatic rings. The van der Waals surface area contributed by atoms with E-state index in [1.165, 1.54) is 6.92 Å². The third-order valence-electron chi connectivity index (χ3n) is 3.87. The van der Waals surface area contributed by atoms with Crippen LogP contribution in [0.4, 0.5) is 5.69 Å². The molecule has 4 nitrogen and oxygen atoms in total. The molecule has 0 saturated heterocycles. The molecule has 0 unspecified atom stereocenters. The van der Waals surface area contributed by atoms with E-state index in [4.69, 9.17) is 0 Å². The SMILES string of the molecule is CC(=O)c1ccc(C)c(NC(=O)CCC(=O)c2ccc(C)cc2)c1. The summed E-state index contributed by atoms with van der Waals surface area (Å²) in [5.41, 5.74) is 3.73. The van der Waals surface area contributed by atoms with Crippen molar-refractivity contribution in [2.75, 3.05) is 5.32 Å². The molecule has 1 N–H and O–H groups in total. The van der Waals surface area contributed by atoms with E-state index in [0.717, 1.165) is 11.1 Å². The summed E-state index contributed by atoms with van der Waals surface area (Å²) in [7, 11) is 0. The molecule has 4 heteroatoms. The number of carbonyl (C=O) groups excluding carboxylic acids is 3. The number of amides is 1. The first-order valence-corrected chi connectivity index (χ1v) is 7.88. The van der Waals surface area contributed by atoms with Gasteiger partial charge in [-0.2, -0.15) is 0 Å². The van der Waals surface area contributed by atoms with Gasteiger partial charge in [-0.1, -0.05) is 42.0 Å². The highest BCUT2D eigenvalue weighted by Gasteiger charge is 2.11. The quantitative estimate of drug-likeness (QED) is 0.814. The number of carbonyl (C=O) groups is 3. The van der Waals surface area contributed by atoms with Crippen LogP contribution in [0.15, 0.2) is 42.5 Å². The van der Waals surface area contributed by atoms with Gasteiger partial charge in [0.2, 0.25) is 5.91 Å². The van der Waals surface area contributed by atoms with Gasteiger partial charge in [0, 0.05) is 29.7 Å². The third-order valence-corrected chi connectivity index (χ3v) is 3.87. The van der Waals surface area contributed by atoms with Gasteiger partial charge in [0.1, 0.15) is 0 Å². The Labute approximate surface area is 141 Å². The second kappa shape index (κ2) is 7.68. The minimum absolute atomic E-state index is 0.0555. The van der Waals surface area contributed by atoms with Gasteiger partial charge in [-0.3, -0.25) is 14.4 Å². The van der Waals surface area contributed by atoms with Crippen LogP contribution in [0.5, 0.6) is 0 Å². The molecule has 0 spiro atoms. The van der Waals surface area contributed by atoms with Crippen molar-refractivity contribution in [3.8, 4) is 0 Å². The molecular weight excluding hydrogens is 302 g/mol. The lowest BCUT2D eigenvalue weighted by Crippen LogP contribution is -2.14. The number of Topliss-reactive ketones (excluding diaryl/α,β-unsaturated/α-hetero) is 2. The fourth-order valence-electron chi connectivity index (χ4n) is 2.30. The molecule has 0 aromatic heterocycles. The summed E-state index contributed by atoms with van der Waals surface area (Å²) < 4.78 is 0. The summed E-state index contributed by atoms with van der Waals surface area (Å²) in [6, 6.07) is 12.5. The van der Waals surface area contributed by atoms with Crippen LogP contribution in [0.25, 0.3) is 0 Å². The Kier molecular flexibility index (Phi) is 5.64. The number of ketones is 2. The number of benzene rings is 2. The topological polar surface area (TPSA) is 63.2 Å². The Balaban J connectivity index is 1.96. The van der Waals surface area contributed by atoms with Gasteiger partial charge in [0.05, 0.1) is 0 Å². The molecule has 1 amide bonds. The van der Waals surface area contributed by atoms with Crippen LogP contribution < -0.4 is 5.32 Å². The number of anilines is 1. The number of nitrogens with one attached hydrogen (secondary N) is 1. The number of hydrogen-bond acceptors (Lipinski definition) is 3. The highest BCUT2D eigenvalue weighted by Crippen LogP contribution is 2.18. The minimum atomic E-state index is -0.237. The van der Waals surface area contributed by atoms with Crippen LogP contribution >= 0.6 is 0 Å². The first-order chi connectivity index (χ1) is 11.4. The summed E-state index contributed by atoms with van der Waals surface area (Å²) in [5.74, 6) is -0.348. The Hall–Kier alpha value is -2.75. The van der Waals surface area contributed by atoms with Crippen molar-refractivity contribution in [2.24, 2.45) is 0 Å². The standard InChI is InChI=1S/C20H21NO3/c1-13-4-7-16(8-5-13)19(23)10-11-20(24)21-18-12-17(15(3)22)9-6-14(18)2/h4-9,12H,10-11H2,1-3H3,(H,21,24). The smallest absolute Gasteiger partial charge is 0.224 e. The average molecular weight is 323 g/mol. The van der Waals surface area contributed by atoms with Gasteiger partial charge >= 0.3 is 0 Å². The summed E-state index contributed by atoms with van der Waals surface area (Å²) >= 11 is 0. The van der Waals surface area contributed by atoms with Gasteiger partial charge in [0.15, 0.2) is 11.6 Å². The van der Waals surface area contributed by atoms with E-state index in [-0.39, 0.29) is 30.3 Å². The number of hydrogen-bond donors (Lipinski definition) is 1. The van der Waals surface area contributed by atoms with Crippen molar-refractivity contribution in [1.82, 2.24) is 0 Å². The maximum atomic E-state index is 12.1. The molecule has 124 valence electrons. The molecule has 0 saturated carbocycles. The van der Waals surface area contributed by atoms with Gasteiger partial charge < -0.3 is 5.32 Å². The van der Waals surface area contributed by atoms with Gasteiger partial charge in [-0.25, -0.2) is 0 Å². The van der Waals surface area contributed by atoms with E-state index in [9.17, 15) is 14.4 Å². The van der Waals surface area contributed by atoms with E-state index in [2.05, 4.69) is 5.32 Å². The largest absolute Gasteiger partial charge is 0.326 e. The molecule has 0 bridgehead atoms. The molecule has 2 aromatic rings. The fourth-order valence-corrected chi connectivity index (χ4v) is 2.30. The zero-order valence-electron chi connectivity index (χ0n) is 14.2. The molecule has 2 rings (SSSR count). The molecule has 2 aromatic carbocycles. The highest BCUT2D eigenvalue weighted by atomic mass is 16.2. The van der Waals surface area contributed by atoms with E-state index in [1.54, 1.807) is 30.3 Å². The molecule has 0 aliphatic carbocycles. The third kappa shape index (κ3) is 4.62. The summed E-state index contributed by atoms with van der Waals surface area (Å²) in [6.45, 7) is 5.30. The first-order valence-electron chi connectivity index (χ1n) is 7.88. The highest BCUT2D eigenvalue weighted by molar-refractivity contribution is 6.01. The maximum absolute atomic E-state index is 12.1. The molecular formula is C20H21NO3. The molecule has 0 heterocycles. The summed E-state index contributed by atoms with van der Waals surface area (Å²) in [5, 5.41) is 2.78. The Morgan fingerprint density at radius 3 is 2.12 bits per heavy atom. The summed E-state index contributed by atoms with van der Waals surface area (Å²) in [4.78, 5) is 35.6. The lowest BCUT2D eigenvalue weighted by Gasteiger charge is -2.09. The lowest BCUT2D eigenvalue weighted by atomic mass is 10.0. The molecule has 0 atom stereocenters. The maximum Gasteiger partial charge on any atom is 0.224 e. The summed E-state index contributed by atoms with van der Waals surface area (Å²) in [6.07, 6.45) is 0.261. The van der Waals surface area contributed by atoms with Gasteiger partial charge in [-0.05, 0) is 32.4 Å². The minimum Gasteiger partial charge on any atom is -0.326 e. The molecule has 0 radical (unpaired) electrons. The van der Waals surface area contributed by atoms with Crippen molar-refractivity contribution >= 4 is 23.2 Å². The van der Waals surface area contributed by atoms with Gasteiger partial charge in [0.25, 0.3) is 0 Å². The van der Waals surface area contributed by atoms with E-state index < -0.39 is 0 Å². The van der Waals surface area contributed by atoms with Crippen molar-refractivity contribution in [3.63, 3.8) is 0 Å². The van der Waals surface area contributed by atoms with Crippen LogP contribution in [-0.2, 0) is 4.79 Å². The Bertz CT molecular complexity index is 776. The second-order valence-corrected chi connectivity index (χ2v) is 5.92. The molecule has 0 fully saturated rings. The number of aryl methyl sites for hydroxylation is 2. The molecule has 24 heavy (non-hydrogen) atoms. The predicted octanol–water partition coefficient (Wildman–Crippen LogP) is 4.11. The average Bonchev–Trinajstić information content (AvgIpc) is 2.55. The van der Waals surface area contributed by atoms with Crippen molar-refractivity contribution in [1.29, 1.82) is 0 Å². The van der Waals surface area contributed by atoms with Crippen LogP contribution in [0, 0.1) is 13.8 Å². The Morgan fingerprint density at radius 1 is 0.875 bits per heavy atom. The lowest BCUT2D eigenvalue weighted by molar-refractivity contribution is -0.116. The van der Waals surface area contributed by atoms with E-state index >= 15 is 0 Å². The fraction of sp³-hybridized carbons (Fsp3) is 0.250. The second-order valence-electron chi connectivity index (χ2n) is 5.92. The monoisotopic (exact) mass is 323 g/mol. The zero-order chi connectivity index (χ0) is 17.7. The van der Waals surface area contributed by atoms with Gasteiger partial charge in [-0.15, -0.1) is 0 Å². The molecule has 0 aliphatic heterocycles. The van der Waals surface area contributed by atoms with Crippen molar-refractivity contribution in [2.45, 2.75) is 33.6 Å². The Morgan fingerprint density at radius 2 is 1.50 bits per heavy atom. The van der Waals surface area contributed by atoms with Crippen LogP contribution in [-0.4, -0.2) is 17.5 Å². The zero-order valence-corrected chi connectivity index (χ0v) is 14.2. The van der Waals surface area contributed by atoms with Crippen LogP contribution in [0.3, 0.4) is 0 Å². The van der Waals surface area contributed by atoms with Crippen molar-refractivity contribution < 1.29 is 14.4 Å². The van der Waals surface area contributed by atoms with Crippen LogP contribution in [0.1, 0.15) is 51.6 Å². The van der Waals surface area contributed by atoms with Crippen molar-refractivity contribution in [3.05, 3.63) is 64.7 Å². The van der Waals surface area contributed by atoms with Crippen LogP contribution in [0.2, 0.25) is 0 Å². The normalized spacial score (nSPS) is 10.3. The van der Waals surface area contributed by atoms with E-state index in [1.807, 2.05) is 26.0 Å². The number of rotatable bonds is 6.